The van der Waals surface area contributed by atoms with Crippen molar-refractivity contribution in [3.63, 3.8) is 0 Å². The average molecular weight is 304 g/mol. The van der Waals surface area contributed by atoms with E-state index >= 15 is 0 Å². The molecule has 0 fully saturated rings. The van der Waals surface area contributed by atoms with Gasteiger partial charge in [0, 0.05) is 0 Å². The fraction of sp³-hybridized carbons (Fsp3) is 0. The van der Waals surface area contributed by atoms with Crippen molar-refractivity contribution < 1.29 is 22.5 Å². The highest BCUT2D eigenvalue weighted by Crippen LogP contribution is 2.15. The van der Waals surface area contributed by atoms with E-state index in [-0.39, 0.29) is 11.3 Å². The van der Waals surface area contributed by atoms with E-state index in [0.29, 0.717) is 0 Å². The normalized spacial score (nSPS) is 11.4. The topological polar surface area (TPSA) is 80.7 Å². The SMILES string of the molecule is O=C(O)c1ccc(OS(=O)(=O)C=Cc2ccccc2)cc1. The summed E-state index contributed by atoms with van der Waals surface area (Å²) in [6, 6.07) is 14.0. The molecule has 2 rings (SSSR count). The molecule has 0 spiro atoms. The predicted octanol–water partition coefficient (Wildman–Crippen LogP) is 2.76. The van der Waals surface area contributed by atoms with Crippen LogP contribution < -0.4 is 4.18 Å². The minimum atomic E-state index is -3.89. The van der Waals surface area contributed by atoms with E-state index in [1.54, 1.807) is 24.3 Å². The van der Waals surface area contributed by atoms with Crippen molar-refractivity contribution in [2.24, 2.45) is 0 Å². The van der Waals surface area contributed by atoms with E-state index in [0.717, 1.165) is 11.0 Å². The predicted molar refractivity (Wildman–Crippen MR) is 78.4 cm³/mol. The molecule has 108 valence electrons. The number of benzene rings is 2. The molecule has 21 heavy (non-hydrogen) atoms. The first kappa shape index (κ1) is 14.8. The van der Waals surface area contributed by atoms with Gasteiger partial charge in [-0.3, -0.25) is 0 Å². The summed E-state index contributed by atoms with van der Waals surface area (Å²) in [5.41, 5.74) is 0.783. The summed E-state index contributed by atoms with van der Waals surface area (Å²) in [6.07, 6.45) is 1.42. The van der Waals surface area contributed by atoms with Gasteiger partial charge >= 0.3 is 16.1 Å². The number of carboxylic acids is 1. The van der Waals surface area contributed by atoms with Gasteiger partial charge in [-0.2, -0.15) is 8.42 Å². The minimum Gasteiger partial charge on any atom is -0.478 e. The van der Waals surface area contributed by atoms with Gasteiger partial charge in [0.05, 0.1) is 11.0 Å². The molecule has 2 aromatic rings. The maximum absolute atomic E-state index is 11.8. The van der Waals surface area contributed by atoms with E-state index in [9.17, 15) is 13.2 Å². The lowest BCUT2D eigenvalue weighted by molar-refractivity contribution is 0.0697. The molecule has 0 heterocycles. The largest absolute Gasteiger partial charge is 0.478 e. The molecule has 0 saturated heterocycles. The van der Waals surface area contributed by atoms with Gasteiger partial charge in [0.2, 0.25) is 0 Å². The van der Waals surface area contributed by atoms with Crippen LogP contribution in [-0.2, 0) is 10.1 Å². The standard InChI is InChI=1S/C15H12O5S/c16-15(17)13-6-8-14(9-7-13)20-21(18,19)11-10-12-4-2-1-3-5-12/h1-11H,(H,16,17). The quantitative estimate of drug-likeness (QED) is 0.859. The molecule has 6 heteroatoms. The van der Waals surface area contributed by atoms with E-state index in [4.69, 9.17) is 9.29 Å². The highest BCUT2D eigenvalue weighted by Gasteiger charge is 2.09. The molecule has 2 aromatic carbocycles. The number of hydrogen-bond acceptors (Lipinski definition) is 4. The lowest BCUT2D eigenvalue weighted by atomic mass is 10.2. The van der Waals surface area contributed by atoms with Gasteiger partial charge in [-0.1, -0.05) is 30.3 Å². The third-order valence-electron chi connectivity index (χ3n) is 2.54. The van der Waals surface area contributed by atoms with E-state index < -0.39 is 16.1 Å². The number of aromatic carboxylic acids is 1. The van der Waals surface area contributed by atoms with Crippen molar-refractivity contribution in [1.29, 1.82) is 0 Å². The van der Waals surface area contributed by atoms with E-state index in [1.165, 1.54) is 30.3 Å². The van der Waals surface area contributed by atoms with Gasteiger partial charge in [-0.05, 0) is 35.9 Å². The lowest BCUT2D eigenvalue weighted by Crippen LogP contribution is -2.05. The maximum atomic E-state index is 11.8. The monoisotopic (exact) mass is 304 g/mol. The van der Waals surface area contributed by atoms with Gasteiger partial charge < -0.3 is 9.29 Å². The molecule has 0 atom stereocenters. The van der Waals surface area contributed by atoms with Crippen LogP contribution in [0.25, 0.3) is 6.08 Å². The van der Waals surface area contributed by atoms with Crippen LogP contribution in [0.5, 0.6) is 5.75 Å². The van der Waals surface area contributed by atoms with Crippen LogP contribution in [0.1, 0.15) is 15.9 Å². The molecular formula is C15H12O5S. The highest BCUT2D eigenvalue weighted by atomic mass is 32.2. The molecule has 5 nitrogen and oxygen atoms in total. The maximum Gasteiger partial charge on any atom is 0.335 e. The Morgan fingerprint density at radius 2 is 1.62 bits per heavy atom. The Balaban J connectivity index is 2.10. The zero-order valence-corrected chi connectivity index (χ0v) is 11.7. The zero-order chi connectivity index (χ0) is 15.3. The van der Waals surface area contributed by atoms with Crippen LogP contribution in [0, 0.1) is 0 Å². The van der Waals surface area contributed by atoms with Crippen molar-refractivity contribution in [2.45, 2.75) is 0 Å². The van der Waals surface area contributed by atoms with E-state index in [1.807, 2.05) is 6.07 Å². The fourth-order valence-corrected chi connectivity index (χ4v) is 2.30. The molecule has 0 aliphatic rings. The highest BCUT2D eigenvalue weighted by molar-refractivity contribution is 7.90. The Labute approximate surface area is 122 Å². The second-order valence-corrected chi connectivity index (χ2v) is 5.54. The van der Waals surface area contributed by atoms with Gasteiger partial charge in [0.1, 0.15) is 5.75 Å². The van der Waals surface area contributed by atoms with Crippen molar-refractivity contribution in [3.05, 3.63) is 71.1 Å². The zero-order valence-electron chi connectivity index (χ0n) is 10.8. The molecule has 0 unspecified atom stereocenters. The molecular weight excluding hydrogens is 292 g/mol. The number of rotatable bonds is 5. The second-order valence-electron chi connectivity index (χ2n) is 4.12. The molecule has 0 radical (unpaired) electrons. The summed E-state index contributed by atoms with van der Waals surface area (Å²) in [7, 11) is -3.89. The molecule has 1 N–H and O–H groups in total. The first-order valence-corrected chi connectivity index (χ1v) is 7.44. The van der Waals surface area contributed by atoms with Crippen LogP contribution >= 0.6 is 0 Å². The Morgan fingerprint density at radius 1 is 1.00 bits per heavy atom. The Bertz CT molecular complexity index is 746. The third-order valence-corrected chi connectivity index (χ3v) is 3.43. The van der Waals surface area contributed by atoms with Crippen LogP contribution in [0.15, 0.2) is 60.0 Å². The first-order valence-electron chi connectivity index (χ1n) is 5.97. The number of carboxylic acid groups (broad SMARTS) is 1. The van der Waals surface area contributed by atoms with Crippen molar-refractivity contribution >= 4 is 22.2 Å². The van der Waals surface area contributed by atoms with Gasteiger partial charge in [-0.25, -0.2) is 4.79 Å². The lowest BCUT2D eigenvalue weighted by Gasteiger charge is -2.03. The summed E-state index contributed by atoms with van der Waals surface area (Å²) in [6.45, 7) is 0. The Kier molecular flexibility index (Phi) is 4.39. The Hall–Kier alpha value is -2.60. The van der Waals surface area contributed by atoms with Crippen molar-refractivity contribution in [2.75, 3.05) is 0 Å². The number of carbonyl (C=O) groups is 1. The molecule has 0 aliphatic heterocycles. The molecule has 0 aliphatic carbocycles. The molecule has 0 bridgehead atoms. The third kappa shape index (κ3) is 4.47. The van der Waals surface area contributed by atoms with Crippen molar-refractivity contribution in [1.82, 2.24) is 0 Å². The summed E-state index contributed by atoms with van der Waals surface area (Å²) in [4.78, 5) is 10.7. The second kappa shape index (κ2) is 6.23. The van der Waals surface area contributed by atoms with Crippen molar-refractivity contribution in [3.8, 4) is 5.75 Å². The average Bonchev–Trinajstić information content (AvgIpc) is 2.46. The molecule has 0 amide bonds. The molecule has 0 saturated carbocycles. The summed E-state index contributed by atoms with van der Waals surface area (Å²) in [5, 5.41) is 9.70. The summed E-state index contributed by atoms with van der Waals surface area (Å²) in [5.74, 6) is -1.04. The minimum absolute atomic E-state index is 0.0534. The fourth-order valence-electron chi connectivity index (χ4n) is 1.54. The Morgan fingerprint density at radius 3 is 2.19 bits per heavy atom. The summed E-state index contributed by atoms with van der Waals surface area (Å²) < 4.78 is 28.4. The van der Waals surface area contributed by atoms with Crippen LogP contribution in [-0.4, -0.2) is 19.5 Å². The van der Waals surface area contributed by atoms with Gasteiger partial charge in [0.15, 0.2) is 0 Å². The first-order chi connectivity index (χ1) is 9.96. The summed E-state index contributed by atoms with van der Waals surface area (Å²) >= 11 is 0. The van der Waals surface area contributed by atoms with Gasteiger partial charge in [-0.15, -0.1) is 0 Å². The van der Waals surface area contributed by atoms with Crippen LogP contribution in [0.2, 0.25) is 0 Å². The number of hydrogen-bond donors (Lipinski definition) is 1. The van der Waals surface area contributed by atoms with Crippen LogP contribution in [0.4, 0.5) is 0 Å². The molecule has 0 aromatic heterocycles. The smallest absolute Gasteiger partial charge is 0.335 e. The van der Waals surface area contributed by atoms with Crippen LogP contribution in [0.3, 0.4) is 0 Å². The van der Waals surface area contributed by atoms with E-state index in [2.05, 4.69) is 0 Å². The van der Waals surface area contributed by atoms with Gasteiger partial charge in [0.25, 0.3) is 0 Å².